The molecular weight excluding hydrogens is 593 g/mol. The molecule has 4 aromatic carbocycles. The van der Waals surface area contributed by atoms with Gasteiger partial charge in [-0.3, -0.25) is 13.8 Å². The molecule has 4 aromatic rings. The maximum Gasteiger partial charge on any atom is 0.261 e. The number of aryl methyl sites for hydroxylation is 1. The van der Waals surface area contributed by atoms with Crippen molar-refractivity contribution in [3.8, 4) is 0 Å². The second-order valence-electron chi connectivity index (χ2n) is 8.99. The van der Waals surface area contributed by atoms with E-state index >= 15 is 0 Å². The van der Waals surface area contributed by atoms with Gasteiger partial charge < -0.3 is 5.32 Å². The fourth-order valence-corrected chi connectivity index (χ4v) is 6.31. The van der Waals surface area contributed by atoms with E-state index in [4.69, 9.17) is 23.2 Å². The highest BCUT2D eigenvalue weighted by molar-refractivity contribution is 7.92. The number of carbonyl (C=O) groups excluding carboxylic acids is 1. The molecule has 0 spiro atoms. The first-order valence-corrected chi connectivity index (χ1v) is 15.9. The lowest BCUT2D eigenvalue weighted by molar-refractivity contribution is 0.102. The van der Waals surface area contributed by atoms with Gasteiger partial charge in [0.15, 0.2) is 0 Å². The molecule has 208 valence electrons. The van der Waals surface area contributed by atoms with Gasteiger partial charge in [-0.25, -0.2) is 16.8 Å². The summed E-state index contributed by atoms with van der Waals surface area (Å²) >= 11 is 11.9. The zero-order valence-corrected chi connectivity index (χ0v) is 24.6. The predicted molar refractivity (Wildman–Crippen MR) is 160 cm³/mol. The summed E-state index contributed by atoms with van der Waals surface area (Å²) < 4.78 is 54.2. The Hall–Kier alpha value is -3.57. The van der Waals surface area contributed by atoms with E-state index in [9.17, 15) is 21.6 Å². The van der Waals surface area contributed by atoms with Gasteiger partial charge in [0.05, 0.1) is 29.1 Å². The Labute approximate surface area is 243 Å². The van der Waals surface area contributed by atoms with Gasteiger partial charge in [-0.15, -0.1) is 0 Å². The van der Waals surface area contributed by atoms with Crippen LogP contribution in [-0.2, 0) is 26.6 Å². The number of anilines is 3. The Bertz CT molecular complexity index is 1740. The van der Waals surface area contributed by atoms with Gasteiger partial charge in [-0.05, 0) is 84.8 Å². The van der Waals surface area contributed by atoms with Crippen molar-refractivity contribution in [3.63, 3.8) is 0 Å². The Balaban J connectivity index is 1.46. The first kappa shape index (κ1) is 29.4. The quantitative estimate of drug-likeness (QED) is 0.228. The van der Waals surface area contributed by atoms with E-state index in [1.54, 1.807) is 12.1 Å². The molecule has 1 amide bonds. The van der Waals surface area contributed by atoms with Gasteiger partial charge in [-0.1, -0.05) is 47.5 Å². The molecule has 2 N–H and O–H groups in total. The Morgan fingerprint density at radius 2 is 1.40 bits per heavy atom. The fraction of sp³-hybridized carbons (Fsp3) is 0.107. The number of amides is 1. The SMILES string of the molecule is Cc1ccccc1CN(c1ccc(C(=O)Nc2ccc(S(=O)(=O)Nc3cc(Cl)cc(Cl)c3)cc2)cc1)S(C)(=O)=O. The highest BCUT2D eigenvalue weighted by Crippen LogP contribution is 2.26. The van der Waals surface area contributed by atoms with E-state index in [0.717, 1.165) is 17.4 Å². The molecule has 0 aliphatic rings. The minimum Gasteiger partial charge on any atom is -0.322 e. The van der Waals surface area contributed by atoms with Crippen LogP contribution in [0.2, 0.25) is 10.0 Å². The predicted octanol–water partition coefficient (Wildman–Crippen LogP) is 6.32. The largest absolute Gasteiger partial charge is 0.322 e. The monoisotopic (exact) mass is 617 g/mol. The van der Waals surface area contributed by atoms with E-state index in [1.165, 1.54) is 58.9 Å². The third-order valence-electron chi connectivity index (χ3n) is 5.93. The summed E-state index contributed by atoms with van der Waals surface area (Å²) in [6.45, 7) is 2.07. The van der Waals surface area contributed by atoms with Crippen molar-refractivity contribution in [1.82, 2.24) is 0 Å². The number of sulfonamides is 2. The zero-order chi connectivity index (χ0) is 29.1. The van der Waals surface area contributed by atoms with E-state index in [-0.39, 0.29) is 27.2 Å². The van der Waals surface area contributed by atoms with Crippen molar-refractivity contribution in [2.75, 3.05) is 20.6 Å². The number of halogens is 2. The summed E-state index contributed by atoms with van der Waals surface area (Å²) in [7, 11) is -7.52. The molecule has 4 rings (SSSR count). The number of rotatable bonds is 9. The van der Waals surface area contributed by atoms with Crippen LogP contribution in [0.15, 0.2) is 95.9 Å². The molecule has 8 nitrogen and oxygen atoms in total. The number of hydrogen-bond acceptors (Lipinski definition) is 5. The van der Waals surface area contributed by atoms with Gasteiger partial charge in [-0.2, -0.15) is 0 Å². The summed E-state index contributed by atoms with van der Waals surface area (Å²) in [5, 5.41) is 3.27. The van der Waals surface area contributed by atoms with Crippen molar-refractivity contribution in [1.29, 1.82) is 0 Å². The van der Waals surface area contributed by atoms with Crippen molar-refractivity contribution in [2.45, 2.75) is 18.4 Å². The first-order chi connectivity index (χ1) is 18.8. The minimum absolute atomic E-state index is 0.0273. The highest BCUT2D eigenvalue weighted by Gasteiger charge is 2.20. The Morgan fingerprint density at radius 3 is 1.98 bits per heavy atom. The second-order valence-corrected chi connectivity index (χ2v) is 13.4. The summed E-state index contributed by atoms with van der Waals surface area (Å²) in [5.74, 6) is -0.446. The van der Waals surface area contributed by atoms with Crippen LogP contribution in [-0.4, -0.2) is 29.0 Å². The summed E-state index contributed by atoms with van der Waals surface area (Å²) in [6, 6.07) is 23.7. The molecule has 0 saturated heterocycles. The molecule has 12 heteroatoms. The maximum absolute atomic E-state index is 12.8. The lowest BCUT2D eigenvalue weighted by Gasteiger charge is -2.23. The number of hydrogen-bond donors (Lipinski definition) is 2. The van der Waals surface area contributed by atoms with E-state index in [0.29, 0.717) is 16.9 Å². The number of benzene rings is 4. The number of nitrogens with one attached hydrogen (secondary N) is 2. The van der Waals surface area contributed by atoms with E-state index < -0.39 is 26.0 Å². The van der Waals surface area contributed by atoms with Crippen molar-refractivity contribution < 1.29 is 21.6 Å². The van der Waals surface area contributed by atoms with Crippen molar-refractivity contribution >= 4 is 66.2 Å². The van der Waals surface area contributed by atoms with Crippen LogP contribution in [0, 0.1) is 6.92 Å². The van der Waals surface area contributed by atoms with Crippen LogP contribution in [0.3, 0.4) is 0 Å². The summed E-state index contributed by atoms with van der Waals surface area (Å²) in [6.07, 6.45) is 1.13. The molecule has 0 saturated carbocycles. The topological polar surface area (TPSA) is 113 Å². The van der Waals surface area contributed by atoms with Gasteiger partial charge in [0.25, 0.3) is 15.9 Å². The third-order valence-corrected chi connectivity index (χ3v) is 8.90. The number of nitrogens with zero attached hydrogens (tertiary/aromatic N) is 1. The zero-order valence-electron chi connectivity index (χ0n) is 21.4. The first-order valence-electron chi connectivity index (χ1n) is 11.8. The molecule has 0 unspecified atom stereocenters. The Kier molecular flexibility index (Phi) is 8.74. The molecule has 0 radical (unpaired) electrons. The molecule has 0 bridgehead atoms. The highest BCUT2D eigenvalue weighted by atomic mass is 35.5. The smallest absolute Gasteiger partial charge is 0.261 e. The van der Waals surface area contributed by atoms with Gasteiger partial charge in [0.1, 0.15) is 0 Å². The van der Waals surface area contributed by atoms with Crippen LogP contribution < -0.4 is 14.3 Å². The van der Waals surface area contributed by atoms with Gasteiger partial charge in [0, 0.05) is 21.3 Å². The lowest BCUT2D eigenvalue weighted by atomic mass is 10.1. The van der Waals surface area contributed by atoms with Crippen LogP contribution in [0.25, 0.3) is 0 Å². The molecule has 0 atom stereocenters. The molecule has 0 aromatic heterocycles. The van der Waals surface area contributed by atoms with Crippen molar-refractivity contribution in [3.05, 3.63) is 118 Å². The van der Waals surface area contributed by atoms with E-state index in [1.807, 2.05) is 31.2 Å². The van der Waals surface area contributed by atoms with Crippen molar-refractivity contribution in [2.24, 2.45) is 0 Å². The standard InChI is InChI=1S/C28H25Cl2N3O5S2/c1-19-5-3-4-6-21(19)18-33(39(2,35)36)26-11-7-20(8-12-26)28(34)31-24-9-13-27(14-10-24)40(37,38)32-25-16-22(29)15-23(30)17-25/h3-17,32H,18H2,1-2H3,(H,31,34). The molecular formula is C28H25Cl2N3O5S2. The maximum atomic E-state index is 12.8. The van der Waals surface area contributed by atoms with E-state index in [2.05, 4.69) is 10.0 Å². The molecule has 40 heavy (non-hydrogen) atoms. The summed E-state index contributed by atoms with van der Waals surface area (Å²) in [4.78, 5) is 12.8. The van der Waals surface area contributed by atoms with Crippen LogP contribution in [0.1, 0.15) is 21.5 Å². The lowest BCUT2D eigenvalue weighted by Crippen LogP contribution is -2.29. The second kappa shape index (κ2) is 11.9. The Morgan fingerprint density at radius 1 is 0.800 bits per heavy atom. The molecule has 0 aliphatic carbocycles. The minimum atomic E-state index is -3.93. The molecule has 0 heterocycles. The van der Waals surface area contributed by atoms with Gasteiger partial charge >= 0.3 is 0 Å². The van der Waals surface area contributed by atoms with Crippen LogP contribution >= 0.6 is 23.2 Å². The average molecular weight is 619 g/mol. The fourth-order valence-electron chi connectivity index (χ4n) is 3.87. The number of carbonyl (C=O) groups is 1. The molecule has 0 fully saturated rings. The third kappa shape index (κ3) is 7.33. The average Bonchev–Trinajstić information content (AvgIpc) is 2.87. The van der Waals surface area contributed by atoms with Crippen LogP contribution in [0.5, 0.6) is 0 Å². The normalized spacial score (nSPS) is 11.6. The summed E-state index contributed by atoms with van der Waals surface area (Å²) in [5.41, 5.74) is 3.14. The van der Waals surface area contributed by atoms with Gasteiger partial charge in [0.2, 0.25) is 10.0 Å². The van der Waals surface area contributed by atoms with Crippen LogP contribution in [0.4, 0.5) is 17.1 Å². The molecule has 0 aliphatic heterocycles.